The van der Waals surface area contributed by atoms with Gasteiger partial charge in [-0.25, -0.2) is 9.59 Å². The quantitative estimate of drug-likeness (QED) is 0.830. The number of likely N-dealkylation sites (N-methyl/N-ethyl adjacent to an activating group) is 1. The van der Waals surface area contributed by atoms with E-state index in [4.69, 9.17) is 0 Å². The summed E-state index contributed by atoms with van der Waals surface area (Å²) in [6.45, 7) is 5.74. The van der Waals surface area contributed by atoms with Crippen LogP contribution in [-0.4, -0.2) is 82.2 Å². The molecule has 0 aliphatic carbocycles. The lowest BCUT2D eigenvalue weighted by molar-refractivity contribution is -0.141. The van der Waals surface area contributed by atoms with Crippen molar-refractivity contribution in [2.45, 2.75) is 37.6 Å². The van der Waals surface area contributed by atoms with E-state index in [-0.39, 0.29) is 11.4 Å². The first-order chi connectivity index (χ1) is 10.0. The van der Waals surface area contributed by atoms with Crippen LogP contribution in [0.4, 0.5) is 4.79 Å². The van der Waals surface area contributed by atoms with Crippen LogP contribution in [0.1, 0.15) is 26.2 Å². The van der Waals surface area contributed by atoms with Crippen LogP contribution >= 0.6 is 11.8 Å². The van der Waals surface area contributed by atoms with Gasteiger partial charge in [0.25, 0.3) is 0 Å². The van der Waals surface area contributed by atoms with Gasteiger partial charge in [0, 0.05) is 25.9 Å². The summed E-state index contributed by atoms with van der Waals surface area (Å²) in [6.07, 6.45) is 3.25. The predicted octanol–water partition coefficient (Wildman–Crippen LogP) is 1.37. The van der Waals surface area contributed by atoms with Gasteiger partial charge in [0.05, 0.1) is 5.37 Å². The van der Waals surface area contributed by atoms with Crippen LogP contribution in [-0.2, 0) is 4.79 Å². The molecule has 21 heavy (non-hydrogen) atoms. The number of aliphatic carboxylic acids is 1. The van der Waals surface area contributed by atoms with Crippen LogP contribution in [0.5, 0.6) is 0 Å². The number of carbonyl (C=O) groups excluding carboxylic acids is 1. The number of amides is 2. The highest BCUT2D eigenvalue weighted by atomic mass is 32.2. The molecule has 1 N–H and O–H groups in total. The summed E-state index contributed by atoms with van der Waals surface area (Å²) in [5, 5.41) is 9.28. The molecule has 2 amide bonds. The molecule has 2 aliphatic rings. The SMILES string of the molecule is CCC1SCC(C(=O)O)N1C(=O)N(C)CCN1CCCC1. The Morgan fingerprint density at radius 2 is 2.00 bits per heavy atom. The molecule has 2 saturated heterocycles. The zero-order valence-corrected chi connectivity index (χ0v) is 13.6. The molecule has 0 aromatic heterocycles. The lowest BCUT2D eigenvalue weighted by atomic mass is 10.2. The van der Waals surface area contributed by atoms with E-state index in [0.29, 0.717) is 12.3 Å². The Bertz CT molecular complexity index is 388. The van der Waals surface area contributed by atoms with Gasteiger partial charge in [-0.2, -0.15) is 0 Å². The zero-order valence-electron chi connectivity index (χ0n) is 12.8. The van der Waals surface area contributed by atoms with Gasteiger partial charge in [0.1, 0.15) is 6.04 Å². The molecule has 120 valence electrons. The van der Waals surface area contributed by atoms with Crippen LogP contribution in [0, 0.1) is 0 Å². The van der Waals surface area contributed by atoms with Crippen LogP contribution in [0.25, 0.3) is 0 Å². The van der Waals surface area contributed by atoms with E-state index in [2.05, 4.69) is 4.90 Å². The van der Waals surface area contributed by atoms with E-state index >= 15 is 0 Å². The summed E-state index contributed by atoms with van der Waals surface area (Å²) in [4.78, 5) is 29.5. The van der Waals surface area contributed by atoms with Crippen molar-refractivity contribution in [1.29, 1.82) is 0 Å². The third-order valence-corrected chi connectivity index (χ3v) is 5.68. The molecule has 0 saturated carbocycles. The van der Waals surface area contributed by atoms with E-state index in [1.165, 1.54) is 12.8 Å². The van der Waals surface area contributed by atoms with E-state index in [1.807, 2.05) is 6.92 Å². The van der Waals surface area contributed by atoms with Crippen molar-refractivity contribution in [1.82, 2.24) is 14.7 Å². The summed E-state index contributed by atoms with van der Waals surface area (Å²) >= 11 is 1.56. The summed E-state index contributed by atoms with van der Waals surface area (Å²) < 4.78 is 0. The molecule has 2 unspecified atom stereocenters. The molecule has 2 rings (SSSR count). The number of carboxylic acid groups (broad SMARTS) is 1. The lowest BCUT2D eigenvalue weighted by Gasteiger charge is -2.32. The Morgan fingerprint density at radius 1 is 1.33 bits per heavy atom. The number of likely N-dealkylation sites (tertiary alicyclic amines) is 1. The monoisotopic (exact) mass is 315 g/mol. The summed E-state index contributed by atoms with van der Waals surface area (Å²) in [7, 11) is 1.77. The highest BCUT2D eigenvalue weighted by Crippen LogP contribution is 2.32. The van der Waals surface area contributed by atoms with E-state index < -0.39 is 12.0 Å². The van der Waals surface area contributed by atoms with Gasteiger partial charge >= 0.3 is 12.0 Å². The maximum absolute atomic E-state index is 12.6. The van der Waals surface area contributed by atoms with Crippen molar-refractivity contribution in [3.8, 4) is 0 Å². The Kier molecular flexibility index (Phi) is 5.75. The van der Waals surface area contributed by atoms with Crippen LogP contribution in [0.15, 0.2) is 0 Å². The highest BCUT2D eigenvalue weighted by molar-refractivity contribution is 8.00. The van der Waals surface area contributed by atoms with E-state index in [9.17, 15) is 14.7 Å². The molecule has 6 nitrogen and oxygen atoms in total. The Morgan fingerprint density at radius 3 is 2.57 bits per heavy atom. The van der Waals surface area contributed by atoms with Gasteiger partial charge in [-0.1, -0.05) is 6.92 Å². The Balaban J connectivity index is 1.93. The molecule has 0 spiro atoms. The average Bonchev–Trinajstić information content (AvgIpc) is 3.12. The van der Waals surface area contributed by atoms with Crippen molar-refractivity contribution in [3.63, 3.8) is 0 Å². The predicted molar refractivity (Wildman–Crippen MR) is 83.5 cm³/mol. The minimum Gasteiger partial charge on any atom is -0.480 e. The van der Waals surface area contributed by atoms with Crippen LogP contribution in [0.3, 0.4) is 0 Å². The fraction of sp³-hybridized carbons (Fsp3) is 0.857. The fourth-order valence-electron chi connectivity index (χ4n) is 2.92. The second kappa shape index (κ2) is 7.35. The first kappa shape index (κ1) is 16.4. The number of carboxylic acids is 1. The molecular weight excluding hydrogens is 290 g/mol. The number of hydrogen-bond acceptors (Lipinski definition) is 4. The van der Waals surface area contributed by atoms with E-state index in [1.54, 1.807) is 28.6 Å². The van der Waals surface area contributed by atoms with Crippen LogP contribution < -0.4 is 0 Å². The molecule has 7 heteroatoms. The van der Waals surface area contributed by atoms with Gasteiger partial charge in [-0.05, 0) is 32.4 Å². The molecular formula is C14H25N3O3S. The average molecular weight is 315 g/mol. The van der Waals surface area contributed by atoms with Gasteiger partial charge in [0.15, 0.2) is 0 Å². The van der Waals surface area contributed by atoms with Crippen molar-refractivity contribution >= 4 is 23.8 Å². The number of hydrogen-bond donors (Lipinski definition) is 1. The Labute approximate surface area is 130 Å². The first-order valence-corrected chi connectivity index (χ1v) is 8.69. The molecule has 2 heterocycles. The number of nitrogens with zero attached hydrogens (tertiary/aromatic N) is 3. The summed E-state index contributed by atoms with van der Waals surface area (Å²) in [5.41, 5.74) is 0. The second-order valence-electron chi connectivity index (χ2n) is 5.71. The van der Waals surface area contributed by atoms with Crippen molar-refractivity contribution < 1.29 is 14.7 Å². The van der Waals surface area contributed by atoms with Gasteiger partial charge in [0.2, 0.25) is 0 Å². The van der Waals surface area contributed by atoms with Crippen molar-refractivity contribution in [2.24, 2.45) is 0 Å². The third-order valence-electron chi connectivity index (χ3n) is 4.22. The standard InChI is InChI=1S/C14H25N3O3S/c1-3-12-17(11(10-21-12)13(18)19)14(20)15(2)8-9-16-6-4-5-7-16/h11-12H,3-10H2,1-2H3,(H,18,19). The topological polar surface area (TPSA) is 64.1 Å². The number of carbonyl (C=O) groups is 2. The highest BCUT2D eigenvalue weighted by Gasteiger charge is 2.41. The molecule has 0 radical (unpaired) electrons. The normalized spacial score (nSPS) is 26.3. The van der Waals surface area contributed by atoms with E-state index in [0.717, 1.165) is 26.1 Å². The molecule has 0 bridgehead atoms. The lowest BCUT2D eigenvalue weighted by Crippen LogP contribution is -2.51. The third kappa shape index (κ3) is 3.83. The second-order valence-corrected chi connectivity index (χ2v) is 6.92. The first-order valence-electron chi connectivity index (χ1n) is 7.64. The Hall–Kier alpha value is -0.950. The summed E-state index contributed by atoms with van der Waals surface area (Å²) in [5.74, 6) is -0.417. The molecule has 2 aliphatic heterocycles. The number of thioether (sulfide) groups is 1. The summed E-state index contributed by atoms with van der Waals surface area (Å²) in [6, 6.07) is -0.847. The minimum atomic E-state index is -0.903. The maximum atomic E-state index is 12.6. The van der Waals surface area contributed by atoms with Crippen LogP contribution in [0.2, 0.25) is 0 Å². The molecule has 0 aromatic carbocycles. The number of rotatable bonds is 5. The van der Waals surface area contributed by atoms with Gasteiger partial charge < -0.3 is 14.9 Å². The number of urea groups is 1. The maximum Gasteiger partial charge on any atom is 0.327 e. The smallest absolute Gasteiger partial charge is 0.327 e. The van der Waals surface area contributed by atoms with Gasteiger partial charge in [-0.15, -0.1) is 11.8 Å². The minimum absolute atomic E-state index is 0.0205. The van der Waals surface area contributed by atoms with Gasteiger partial charge in [-0.3, -0.25) is 4.90 Å². The molecule has 2 fully saturated rings. The van der Waals surface area contributed by atoms with Crippen molar-refractivity contribution in [3.05, 3.63) is 0 Å². The molecule has 0 aromatic rings. The largest absolute Gasteiger partial charge is 0.480 e. The zero-order chi connectivity index (χ0) is 15.4. The fourth-order valence-corrected chi connectivity index (χ4v) is 4.26. The van der Waals surface area contributed by atoms with Crippen molar-refractivity contribution in [2.75, 3.05) is 39.0 Å². The molecule has 2 atom stereocenters.